The van der Waals surface area contributed by atoms with Crippen LogP contribution < -0.4 is 17.2 Å². The molecule has 0 amide bonds. The molecule has 0 radical (unpaired) electrons. The average Bonchev–Trinajstić information content (AvgIpc) is 2.74. The lowest BCUT2D eigenvalue weighted by Crippen LogP contribution is -2.26. The number of benzene rings is 1. The summed E-state index contributed by atoms with van der Waals surface area (Å²) in [7, 11) is 0. The van der Waals surface area contributed by atoms with Crippen molar-refractivity contribution in [3.8, 4) is 5.69 Å². The van der Waals surface area contributed by atoms with E-state index in [2.05, 4.69) is 25.5 Å². The van der Waals surface area contributed by atoms with Crippen LogP contribution in [0.25, 0.3) is 5.69 Å². The van der Waals surface area contributed by atoms with Gasteiger partial charge in [-0.1, -0.05) is 6.07 Å². The molecule has 6 N–H and O–H groups in total. The molecule has 2 aromatic rings. The minimum absolute atomic E-state index is 0.0226. The molecule has 0 atom stereocenters. The van der Waals surface area contributed by atoms with Gasteiger partial charge in [0.25, 0.3) is 0 Å². The van der Waals surface area contributed by atoms with Crippen LogP contribution in [0.5, 0.6) is 0 Å². The van der Waals surface area contributed by atoms with Crippen LogP contribution in [0.15, 0.2) is 34.3 Å². The molecular weight excluding hydrogens is 246 g/mol. The standard InChI is InChI=1S/C10H13N9/c1-6-16-17-18-19(6)8-4-2-3-7(5-8)14-10(13)15-9(11)12/h2-5H,1H3,(H6,11,12,13,14,15). The van der Waals surface area contributed by atoms with Gasteiger partial charge >= 0.3 is 0 Å². The van der Waals surface area contributed by atoms with Gasteiger partial charge < -0.3 is 17.2 Å². The van der Waals surface area contributed by atoms with Gasteiger partial charge in [-0.2, -0.15) is 9.67 Å². The molecule has 0 bridgehead atoms. The monoisotopic (exact) mass is 259 g/mol. The Kier molecular flexibility index (Phi) is 3.37. The number of aryl methyl sites for hydroxylation is 1. The van der Waals surface area contributed by atoms with Crippen LogP contribution >= 0.6 is 0 Å². The summed E-state index contributed by atoms with van der Waals surface area (Å²) in [6.45, 7) is 1.80. The number of guanidine groups is 2. The fourth-order valence-corrected chi connectivity index (χ4v) is 1.45. The molecule has 0 spiro atoms. The molecule has 2 rings (SSSR count). The smallest absolute Gasteiger partial charge is 0.223 e. The van der Waals surface area contributed by atoms with Gasteiger partial charge in [0.2, 0.25) is 5.96 Å². The highest BCUT2D eigenvalue weighted by Gasteiger charge is 2.04. The quantitative estimate of drug-likeness (QED) is 0.474. The van der Waals surface area contributed by atoms with Gasteiger partial charge in [-0.05, 0) is 35.5 Å². The summed E-state index contributed by atoms with van der Waals surface area (Å²) in [5.41, 5.74) is 17.3. The summed E-state index contributed by atoms with van der Waals surface area (Å²) in [5, 5.41) is 11.2. The maximum atomic E-state index is 5.56. The van der Waals surface area contributed by atoms with E-state index in [1.807, 2.05) is 6.07 Å². The number of aromatic nitrogens is 4. The number of hydrogen-bond acceptors (Lipinski definition) is 4. The number of rotatable bonds is 2. The van der Waals surface area contributed by atoms with E-state index in [9.17, 15) is 0 Å². The maximum Gasteiger partial charge on any atom is 0.223 e. The number of nitrogens with zero attached hydrogens (tertiary/aromatic N) is 6. The molecule has 1 aromatic carbocycles. The van der Waals surface area contributed by atoms with Crippen LogP contribution in [0.2, 0.25) is 0 Å². The Morgan fingerprint density at radius 3 is 2.68 bits per heavy atom. The fraction of sp³-hybridized carbons (Fsp3) is 0.100. The highest BCUT2D eigenvalue weighted by Crippen LogP contribution is 2.17. The Hall–Kier alpha value is -2.97. The lowest BCUT2D eigenvalue weighted by Gasteiger charge is -2.02. The zero-order valence-electron chi connectivity index (χ0n) is 10.2. The first-order valence-electron chi connectivity index (χ1n) is 5.35. The van der Waals surface area contributed by atoms with Gasteiger partial charge in [0, 0.05) is 0 Å². The highest BCUT2D eigenvalue weighted by atomic mass is 15.5. The Bertz CT molecular complexity index is 636. The second kappa shape index (κ2) is 5.12. The third kappa shape index (κ3) is 3.03. The minimum Gasteiger partial charge on any atom is -0.370 e. The molecule has 0 unspecified atom stereocenters. The molecule has 9 heteroatoms. The van der Waals surface area contributed by atoms with Crippen LogP contribution in [0, 0.1) is 6.92 Å². The normalized spacial score (nSPS) is 11.3. The van der Waals surface area contributed by atoms with Crippen LogP contribution in [-0.2, 0) is 0 Å². The molecule has 0 aliphatic rings. The van der Waals surface area contributed by atoms with E-state index in [0.717, 1.165) is 5.69 Å². The molecule has 19 heavy (non-hydrogen) atoms. The van der Waals surface area contributed by atoms with E-state index < -0.39 is 0 Å². The second-order valence-electron chi connectivity index (χ2n) is 3.66. The first kappa shape index (κ1) is 12.5. The van der Waals surface area contributed by atoms with Gasteiger partial charge in [-0.25, -0.2) is 4.99 Å². The van der Waals surface area contributed by atoms with Crippen LogP contribution in [0.3, 0.4) is 0 Å². The first-order chi connectivity index (χ1) is 9.06. The zero-order chi connectivity index (χ0) is 13.8. The molecule has 1 aromatic heterocycles. The lowest BCUT2D eigenvalue weighted by atomic mass is 10.3. The van der Waals surface area contributed by atoms with Crippen molar-refractivity contribution in [2.24, 2.45) is 27.2 Å². The second-order valence-corrected chi connectivity index (χ2v) is 3.66. The first-order valence-corrected chi connectivity index (χ1v) is 5.35. The predicted octanol–water partition coefficient (Wildman–Crippen LogP) is -0.810. The van der Waals surface area contributed by atoms with Crippen LogP contribution in [0.1, 0.15) is 5.82 Å². The molecule has 0 fully saturated rings. The van der Waals surface area contributed by atoms with E-state index in [1.165, 1.54) is 0 Å². The van der Waals surface area contributed by atoms with Gasteiger partial charge in [0.05, 0.1) is 11.4 Å². The Labute approximate surface area is 108 Å². The van der Waals surface area contributed by atoms with Crippen molar-refractivity contribution >= 4 is 17.6 Å². The Balaban J connectivity index is 2.36. The van der Waals surface area contributed by atoms with Crippen LogP contribution in [0.4, 0.5) is 5.69 Å². The van der Waals surface area contributed by atoms with Crippen molar-refractivity contribution in [1.29, 1.82) is 0 Å². The molecule has 0 saturated carbocycles. The van der Waals surface area contributed by atoms with E-state index in [0.29, 0.717) is 11.5 Å². The molecule has 9 nitrogen and oxygen atoms in total. The largest absolute Gasteiger partial charge is 0.370 e. The molecule has 1 heterocycles. The fourth-order valence-electron chi connectivity index (χ4n) is 1.45. The third-order valence-corrected chi connectivity index (χ3v) is 2.19. The SMILES string of the molecule is Cc1nnnn1-c1cccc(N=C(N)N=C(N)N)c1. The topological polar surface area (TPSA) is 146 Å². The summed E-state index contributed by atoms with van der Waals surface area (Å²) in [6.07, 6.45) is 0. The molecule has 0 saturated heterocycles. The van der Waals surface area contributed by atoms with E-state index >= 15 is 0 Å². The van der Waals surface area contributed by atoms with Gasteiger partial charge in [0.1, 0.15) is 0 Å². The summed E-state index contributed by atoms with van der Waals surface area (Å²) < 4.78 is 1.58. The van der Waals surface area contributed by atoms with Crippen molar-refractivity contribution < 1.29 is 0 Å². The summed E-state index contributed by atoms with van der Waals surface area (Å²) in [5.74, 6) is 0.498. The van der Waals surface area contributed by atoms with Gasteiger partial charge in [-0.3, -0.25) is 0 Å². The summed E-state index contributed by atoms with van der Waals surface area (Å²) in [4.78, 5) is 7.70. The Morgan fingerprint density at radius 2 is 2.05 bits per heavy atom. The maximum absolute atomic E-state index is 5.56. The Morgan fingerprint density at radius 1 is 1.26 bits per heavy atom. The minimum atomic E-state index is -0.145. The van der Waals surface area contributed by atoms with Crippen LogP contribution in [-0.4, -0.2) is 32.1 Å². The van der Waals surface area contributed by atoms with Crippen molar-refractivity contribution in [3.05, 3.63) is 30.1 Å². The summed E-state index contributed by atoms with van der Waals surface area (Å²) >= 11 is 0. The van der Waals surface area contributed by atoms with Crippen molar-refractivity contribution in [2.75, 3.05) is 0 Å². The number of nitrogens with two attached hydrogens (primary N) is 3. The summed E-state index contributed by atoms with van der Waals surface area (Å²) in [6, 6.07) is 7.17. The number of tetrazole rings is 1. The van der Waals surface area contributed by atoms with E-state index in [-0.39, 0.29) is 11.9 Å². The average molecular weight is 259 g/mol. The number of hydrogen-bond donors (Lipinski definition) is 3. The predicted molar refractivity (Wildman–Crippen MR) is 71.0 cm³/mol. The van der Waals surface area contributed by atoms with E-state index in [1.54, 1.807) is 29.8 Å². The molecule has 98 valence electrons. The van der Waals surface area contributed by atoms with E-state index in [4.69, 9.17) is 17.2 Å². The zero-order valence-corrected chi connectivity index (χ0v) is 10.2. The van der Waals surface area contributed by atoms with Gasteiger partial charge in [-0.15, -0.1) is 5.10 Å². The van der Waals surface area contributed by atoms with Crippen molar-refractivity contribution in [2.45, 2.75) is 6.92 Å². The molecule has 0 aliphatic carbocycles. The van der Waals surface area contributed by atoms with Crippen molar-refractivity contribution in [1.82, 2.24) is 20.2 Å². The van der Waals surface area contributed by atoms with Crippen molar-refractivity contribution in [3.63, 3.8) is 0 Å². The molecular formula is C10H13N9. The third-order valence-electron chi connectivity index (χ3n) is 2.19. The molecule has 0 aliphatic heterocycles. The highest BCUT2D eigenvalue weighted by molar-refractivity contribution is 5.93. The lowest BCUT2D eigenvalue weighted by molar-refractivity contribution is 0.779. The number of aliphatic imine (C=N–C) groups is 2. The van der Waals surface area contributed by atoms with Gasteiger partial charge in [0.15, 0.2) is 11.8 Å².